The number of piperidine rings is 1. The number of amidine groups is 1. The predicted molar refractivity (Wildman–Crippen MR) is 123 cm³/mol. The van der Waals surface area contributed by atoms with Crippen LogP contribution in [-0.2, 0) is 11.0 Å². The number of nitrogens with zero attached hydrogens (tertiary/aromatic N) is 3. The Bertz CT molecular complexity index is 1100. The number of aromatic nitrogens is 1. The molecule has 1 aliphatic heterocycles. The lowest BCUT2D eigenvalue weighted by Gasteiger charge is -2.39. The molecule has 1 saturated heterocycles. The third-order valence-corrected chi connectivity index (χ3v) is 6.63. The first-order valence-electron chi connectivity index (χ1n) is 11.0. The van der Waals surface area contributed by atoms with Crippen molar-refractivity contribution in [2.45, 2.75) is 57.7 Å². The maximum atomic E-state index is 13.1. The minimum atomic E-state index is -4.53. The van der Waals surface area contributed by atoms with Crippen LogP contribution in [0.3, 0.4) is 0 Å². The van der Waals surface area contributed by atoms with E-state index in [1.54, 1.807) is 0 Å². The van der Waals surface area contributed by atoms with Crippen molar-refractivity contribution in [1.82, 2.24) is 4.98 Å². The van der Waals surface area contributed by atoms with Crippen LogP contribution in [-0.4, -0.2) is 29.3 Å². The van der Waals surface area contributed by atoms with E-state index >= 15 is 0 Å². The highest BCUT2D eigenvalue weighted by atomic mass is 35.5. The lowest BCUT2D eigenvalue weighted by molar-refractivity contribution is -0.141. The summed E-state index contributed by atoms with van der Waals surface area (Å²) in [6.07, 6.45) is -1.83. The predicted octanol–water partition coefficient (Wildman–Crippen LogP) is 5.48. The second-order valence-electron chi connectivity index (χ2n) is 8.93. The topological polar surface area (TPSA) is 71.6 Å². The van der Waals surface area contributed by atoms with Crippen LogP contribution in [0.1, 0.15) is 61.0 Å². The number of benzene rings is 1. The van der Waals surface area contributed by atoms with Gasteiger partial charge in [-0.2, -0.15) is 18.2 Å². The Morgan fingerprint density at radius 3 is 2.58 bits per heavy atom. The van der Waals surface area contributed by atoms with E-state index in [1.165, 1.54) is 6.07 Å². The number of nitrogens with two attached hydrogens (primary N) is 1. The summed E-state index contributed by atoms with van der Waals surface area (Å²) in [5.74, 6) is -0.788. The first kappa shape index (κ1) is 23.5. The zero-order valence-corrected chi connectivity index (χ0v) is 19.2. The van der Waals surface area contributed by atoms with Gasteiger partial charge < -0.3 is 10.6 Å². The molecule has 2 unspecified atom stereocenters. The van der Waals surface area contributed by atoms with Crippen LogP contribution in [0.25, 0.3) is 0 Å². The molecular formula is C24H26ClF3N4O. The Balaban J connectivity index is 1.50. The first-order chi connectivity index (χ1) is 15.5. The summed E-state index contributed by atoms with van der Waals surface area (Å²) in [4.78, 5) is 23.0. The lowest BCUT2D eigenvalue weighted by Crippen LogP contribution is -2.43. The van der Waals surface area contributed by atoms with Crippen LogP contribution < -0.4 is 10.6 Å². The van der Waals surface area contributed by atoms with E-state index in [2.05, 4.69) is 21.8 Å². The number of carbonyl (C=O) groups excluding carboxylic acids is 1. The molecule has 4 rings (SSSR count). The molecule has 0 spiro atoms. The number of aliphatic imine (C=N–C) groups is 1. The normalized spacial score (nSPS) is 21.9. The average molecular weight is 479 g/mol. The molecule has 1 amide bonds. The number of amides is 1. The van der Waals surface area contributed by atoms with Gasteiger partial charge in [0.2, 0.25) is 0 Å². The van der Waals surface area contributed by atoms with Crippen LogP contribution in [0.15, 0.2) is 35.3 Å². The number of hydrogen-bond donors (Lipinski definition) is 1. The quantitative estimate of drug-likeness (QED) is 0.466. The summed E-state index contributed by atoms with van der Waals surface area (Å²) in [6.45, 7) is 4.75. The fourth-order valence-electron chi connectivity index (χ4n) is 4.43. The molecule has 2 atom stereocenters. The molecule has 2 N–H and O–H groups in total. The zero-order valence-electron chi connectivity index (χ0n) is 18.5. The molecule has 0 radical (unpaired) electrons. The largest absolute Gasteiger partial charge is 0.433 e. The number of halogens is 4. The van der Waals surface area contributed by atoms with Crippen molar-refractivity contribution in [3.8, 4) is 0 Å². The number of alkyl halides is 3. The van der Waals surface area contributed by atoms with Gasteiger partial charge in [0.1, 0.15) is 11.5 Å². The average Bonchev–Trinajstić information content (AvgIpc) is 3.60. The second-order valence-corrected chi connectivity index (χ2v) is 9.37. The summed E-state index contributed by atoms with van der Waals surface area (Å²) >= 11 is 6.17. The van der Waals surface area contributed by atoms with E-state index < -0.39 is 11.9 Å². The molecule has 2 aromatic rings. The van der Waals surface area contributed by atoms with Crippen LogP contribution in [0.5, 0.6) is 0 Å². The summed E-state index contributed by atoms with van der Waals surface area (Å²) < 4.78 is 39.3. The number of hydrogen-bond acceptors (Lipinski definition) is 3. The number of carbonyl (C=O) groups is 1. The molecule has 2 fully saturated rings. The van der Waals surface area contributed by atoms with E-state index in [0.717, 1.165) is 30.2 Å². The van der Waals surface area contributed by atoms with Crippen molar-refractivity contribution in [2.75, 3.05) is 11.4 Å². The molecule has 1 saturated carbocycles. The molecule has 1 aromatic carbocycles. The van der Waals surface area contributed by atoms with Gasteiger partial charge in [0.15, 0.2) is 0 Å². The zero-order chi connectivity index (χ0) is 23.9. The van der Waals surface area contributed by atoms with Crippen molar-refractivity contribution < 1.29 is 18.0 Å². The fraction of sp³-hybridized carbons (Fsp3) is 0.458. The van der Waals surface area contributed by atoms with Gasteiger partial charge in [-0.15, -0.1) is 0 Å². The van der Waals surface area contributed by atoms with Crippen molar-refractivity contribution in [2.24, 2.45) is 16.6 Å². The number of aryl methyl sites for hydroxylation is 1. The Morgan fingerprint density at radius 1 is 1.21 bits per heavy atom. The summed E-state index contributed by atoms with van der Waals surface area (Å²) in [6, 6.07) is 8.02. The molecule has 33 heavy (non-hydrogen) atoms. The second kappa shape index (κ2) is 8.97. The van der Waals surface area contributed by atoms with E-state index in [4.69, 9.17) is 17.3 Å². The van der Waals surface area contributed by atoms with Crippen molar-refractivity contribution in [1.29, 1.82) is 0 Å². The highest BCUT2D eigenvalue weighted by Gasteiger charge is 2.36. The highest BCUT2D eigenvalue weighted by molar-refractivity contribution is 6.30. The Hall–Kier alpha value is -2.61. The molecule has 2 heterocycles. The molecule has 2 aliphatic rings. The number of anilines is 1. The smallest absolute Gasteiger partial charge is 0.383 e. The maximum Gasteiger partial charge on any atom is 0.433 e. The van der Waals surface area contributed by atoms with Gasteiger partial charge in [-0.05, 0) is 69.4 Å². The van der Waals surface area contributed by atoms with Gasteiger partial charge in [0.05, 0.1) is 5.69 Å². The van der Waals surface area contributed by atoms with E-state index in [9.17, 15) is 18.0 Å². The number of pyridine rings is 1. The Labute approximate surface area is 195 Å². The van der Waals surface area contributed by atoms with E-state index in [1.807, 2.05) is 25.1 Å². The van der Waals surface area contributed by atoms with Gasteiger partial charge >= 0.3 is 6.18 Å². The van der Waals surface area contributed by atoms with E-state index in [-0.39, 0.29) is 35.3 Å². The Kier molecular flexibility index (Phi) is 6.40. The summed E-state index contributed by atoms with van der Waals surface area (Å²) in [5, 5.41) is 0.662. The van der Waals surface area contributed by atoms with Crippen molar-refractivity contribution >= 4 is 29.0 Å². The number of rotatable bonds is 4. The molecule has 1 aliphatic carbocycles. The van der Waals surface area contributed by atoms with Crippen molar-refractivity contribution in [3.63, 3.8) is 0 Å². The monoisotopic (exact) mass is 478 g/mol. The van der Waals surface area contributed by atoms with Crippen LogP contribution >= 0.6 is 11.6 Å². The summed E-state index contributed by atoms with van der Waals surface area (Å²) in [5.41, 5.74) is 7.90. The molecular weight excluding hydrogens is 453 g/mol. The highest BCUT2D eigenvalue weighted by Crippen LogP contribution is 2.42. The Morgan fingerprint density at radius 2 is 1.94 bits per heavy atom. The summed E-state index contributed by atoms with van der Waals surface area (Å²) in [7, 11) is 0. The van der Waals surface area contributed by atoms with Gasteiger partial charge in [-0.25, -0.2) is 4.98 Å². The molecule has 9 heteroatoms. The van der Waals surface area contributed by atoms with Gasteiger partial charge in [0.25, 0.3) is 5.91 Å². The van der Waals surface area contributed by atoms with Gasteiger partial charge in [0, 0.05) is 40.7 Å². The molecule has 1 aromatic heterocycles. The maximum absolute atomic E-state index is 13.1. The molecule has 0 bridgehead atoms. The lowest BCUT2D eigenvalue weighted by atomic mass is 9.90. The molecule has 176 valence electrons. The minimum Gasteiger partial charge on any atom is -0.383 e. The molecule has 5 nitrogen and oxygen atoms in total. The van der Waals surface area contributed by atoms with Gasteiger partial charge in [-0.1, -0.05) is 17.7 Å². The van der Waals surface area contributed by atoms with E-state index in [0.29, 0.717) is 30.0 Å². The van der Waals surface area contributed by atoms with Crippen LogP contribution in [0.4, 0.5) is 18.9 Å². The SMILES string of the molecule is Cc1ccc(Cl)cc1N1CCC(C(=O)N=C(N)c2ccc(C(F)(F)F)nc2C2CC2)CC1C. The third kappa shape index (κ3) is 5.16. The van der Waals surface area contributed by atoms with Crippen molar-refractivity contribution in [3.05, 3.63) is 57.9 Å². The first-order valence-corrected chi connectivity index (χ1v) is 11.4. The standard InChI is InChI=1S/C24H26ClF3N4O/c1-13-3-6-17(25)12-19(13)32-10-9-16(11-14(32)2)23(33)31-22(29)18-7-8-20(24(26,27)28)30-21(18)15-4-5-15/h3,6-8,12,14-16H,4-5,9-11H2,1-2H3,(H2,29,31,33). The fourth-order valence-corrected chi connectivity index (χ4v) is 4.60. The minimum absolute atomic E-state index is 0.0658. The third-order valence-electron chi connectivity index (χ3n) is 6.39. The van der Waals surface area contributed by atoms with Crippen LogP contribution in [0.2, 0.25) is 5.02 Å². The van der Waals surface area contributed by atoms with Gasteiger partial charge in [-0.3, -0.25) is 4.79 Å². The van der Waals surface area contributed by atoms with Crippen LogP contribution in [0, 0.1) is 12.8 Å².